The zero-order chi connectivity index (χ0) is 15.6. The van der Waals surface area contributed by atoms with Crippen molar-refractivity contribution in [2.75, 3.05) is 10.5 Å². The van der Waals surface area contributed by atoms with Gasteiger partial charge in [0.05, 0.1) is 16.9 Å². The molecule has 5 nitrogen and oxygen atoms in total. The van der Waals surface area contributed by atoms with Crippen LogP contribution in [0, 0.1) is 11.3 Å². The summed E-state index contributed by atoms with van der Waals surface area (Å²) in [5.74, 6) is 0. The Morgan fingerprint density at radius 3 is 2.48 bits per heavy atom. The zero-order valence-corrected chi connectivity index (χ0v) is 14.5. The Labute approximate surface area is 139 Å². The first-order valence-corrected chi connectivity index (χ1v) is 8.68. The quantitative estimate of drug-likeness (QED) is 0.728. The molecule has 0 saturated heterocycles. The molecule has 8 heteroatoms. The van der Waals surface area contributed by atoms with E-state index < -0.39 is 10.0 Å². The van der Waals surface area contributed by atoms with Crippen molar-refractivity contribution in [2.24, 2.45) is 0 Å². The fourth-order valence-corrected chi connectivity index (χ4v) is 4.88. The van der Waals surface area contributed by atoms with Gasteiger partial charge in [-0.05, 0) is 40.2 Å². The lowest BCUT2D eigenvalue weighted by atomic mass is 10.2. The molecular formula is C13H9Br2N3O2S. The fraction of sp³-hybridized carbons (Fsp3) is 0. The Kier molecular flexibility index (Phi) is 4.56. The minimum atomic E-state index is -3.92. The monoisotopic (exact) mass is 429 g/mol. The lowest BCUT2D eigenvalue weighted by Crippen LogP contribution is -2.16. The Morgan fingerprint density at radius 2 is 1.86 bits per heavy atom. The smallest absolute Gasteiger partial charge is 0.265 e. The number of benzene rings is 2. The summed E-state index contributed by atoms with van der Waals surface area (Å²) in [6, 6.07) is 11.3. The van der Waals surface area contributed by atoms with Crippen molar-refractivity contribution in [3.05, 3.63) is 50.9 Å². The van der Waals surface area contributed by atoms with Gasteiger partial charge in [0.1, 0.15) is 11.0 Å². The predicted molar refractivity (Wildman–Crippen MR) is 88.2 cm³/mol. The van der Waals surface area contributed by atoms with Gasteiger partial charge in [0, 0.05) is 8.95 Å². The summed E-state index contributed by atoms with van der Waals surface area (Å²) >= 11 is 6.42. The molecule has 2 aromatic rings. The van der Waals surface area contributed by atoms with E-state index in [1.165, 1.54) is 18.2 Å². The van der Waals surface area contributed by atoms with Crippen LogP contribution in [0.2, 0.25) is 0 Å². The number of nitriles is 1. The predicted octanol–water partition coefficient (Wildman–Crippen LogP) is 3.47. The number of hydrogen-bond acceptors (Lipinski definition) is 4. The standard InChI is InChI=1S/C13H9Br2N3O2S/c14-9-5-10(15)13(11(17)6-9)21(19,20)18-12-4-2-1-3-8(12)7-16/h1-6,18H,17H2. The van der Waals surface area contributed by atoms with Gasteiger partial charge < -0.3 is 5.73 Å². The molecule has 108 valence electrons. The molecule has 0 aliphatic rings. The largest absolute Gasteiger partial charge is 0.398 e. The Bertz CT molecular complexity index is 822. The summed E-state index contributed by atoms with van der Waals surface area (Å²) < 4.78 is 28.3. The van der Waals surface area contributed by atoms with Gasteiger partial charge >= 0.3 is 0 Å². The van der Waals surface area contributed by atoms with Crippen LogP contribution < -0.4 is 10.5 Å². The first-order chi connectivity index (χ1) is 9.85. The van der Waals surface area contributed by atoms with Gasteiger partial charge in [-0.2, -0.15) is 5.26 Å². The molecule has 3 N–H and O–H groups in total. The molecule has 0 amide bonds. The second-order valence-electron chi connectivity index (χ2n) is 4.07. The number of sulfonamides is 1. The number of anilines is 2. The first kappa shape index (κ1) is 15.8. The van der Waals surface area contributed by atoms with Crippen molar-refractivity contribution >= 4 is 53.3 Å². The Hall–Kier alpha value is -1.56. The molecule has 0 atom stereocenters. The molecule has 21 heavy (non-hydrogen) atoms. The van der Waals surface area contributed by atoms with E-state index in [0.717, 1.165) is 0 Å². The second kappa shape index (κ2) is 6.05. The molecule has 0 aliphatic heterocycles. The average Bonchev–Trinajstić information content (AvgIpc) is 2.37. The van der Waals surface area contributed by atoms with E-state index in [2.05, 4.69) is 36.6 Å². The molecule has 0 fully saturated rings. The van der Waals surface area contributed by atoms with Gasteiger partial charge in [0.2, 0.25) is 0 Å². The Morgan fingerprint density at radius 1 is 1.19 bits per heavy atom. The van der Waals surface area contributed by atoms with E-state index in [1.54, 1.807) is 18.2 Å². The van der Waals surface area contributed by atoms with E-state index in [0.29, 0.717) is 8.95 Å². The topological polar surface area (TPSA) is 96.0 Å². The van der Waals surface area contributed by atoms with Crippen molar-refractivity contribution in [2.45, 2.75) is 4.90 Å². The highest BCUT2D eigenvalue weighted by Gasteiger charge is 2.22. The highest BCUT2D eigenvalue weighted by Crippen LogP contribution is 2.33. The van der Waals surface area contributed by atoms with E-state index in [-0.39, 0.29) is 21.8 Å². The number of nitrogens with zero attached hydrogens (tertiary/aromatic N) is 1. The van der Waals surface area contributed by atoms with Gasteiger partial charge in [-0.25, -0.2) is 8.42 Å². The van der Waals surface area contributed by atoms with Crippen LogP contribution >= 0.6 is 31.9 Å². The van der Waals surface area contributed by atoms with E-state index in [9.17, 15) is 8.42 Å². The van der Waals surface area contributed by atoms with E-state index in [1.807, 2.05) is 6.07 Å². The highest BCUT2D eigenvalue weighted by molar-refractivity contribution is 9.11. The van der Waals surface area contributed by atoms with Gasteiger partial charge in [-0.15, -0.1) is 0 Å². The van der Waals surface area contributed by atoms with Crippen LogP contribution in [0.5, 0.6) is 0 Å². The summed E-state index contributed by atoms with van der Waals surface area (Å²) in [6.45, 7) is 0. The first-order valence-electron chi connectivity index (χ1n) is 5.61. The van der Waals surface area contributed by atoms with Gasteiger partial charge in [0.25, 0.3) is 10.0 Å². The molecule has 2 rings (SSSR count). The molecule has 0 radical (unpaired) electrons. The third-order valence-corrected chi connectivity index (χ3v) is 5.43. The van der Waals surface area contributed by atoms with Gasteiger partial charge in [-0.1, -0.05) is 28.1 Å². The summed E-state index contributed by atoms with van der Waals surface area (Å²) in [7, 11) is -3.92. The van der Waals surface area contributed by atoms with Crippen molar-refractivity contribution in [1.29, 1.82) is 5.26 Å². The zero-order valence-electron chi connectivity index (χ0n) is 10.5. The minimum absolute atomic E-state index is 0.0709. The average molecular weight is 431 g/mol. The molecule has 0 spiro atoms. The summed E-state index contributed by atoms with van der Waals surface area (Å²) in [5, 5.41) is 9.01. The molecule has 0 unspecified atom stereocenters. The molecule has 0 aromatic heterocycles. The van der Waals surface area contributed by atoms with Crippen LogP contribution in [0.15, 0.2) is 50.2 Å². The minimum Gasteiger partial charge on any atom is -0.398 e. The second-order valence-corrected chi connectivity index (χ2v) is 7.46. The van der Waals surface area contributed by atoms with Crippen LogP contribution in [0.3, 0.4) is 0 Å². The summed E-state index contributed by atoms with van der Waals surface area (Å²) in [6.07, 6.45) is 0. The summed E-state index contributed by atoms with van der Waals surface area (Å²) in [4.78, 5) is -0.0709. The van der Waals surface area contributed by atoms with Crippen molar-refractivity contribution in [3.8, 4) is 6.07 Å². The summed E-state index contributed by atoms with van der Waals surface area (Å²) in [5.41, 5.74) is 6.32. The maximum atomic E-state index is 12.5. The van der Waals surface area contributed by atoms with Crippen molar-refractivity contribution < 1.29 is 8.42 Å². The normalized spacial score (nSPS) is 10.9. The lowest BCUT2D eigenvalue weighted by Gasteiger charge is -2.13. The van der Waals surface area contributed by atoms with Crippen LogP contribution in [0.4, 0.5) is 11.4 Å². The number of nitrogens with two attached hydrogens (primary N) is 1. The van der Waals surface area contributed by atoms with Crippen LogP contribution in [-0.4, -0.2) is 8.42 Å². The van der Waals surface area contributed by atoms with Gasteiger partial charge in [0.15, 0.2) is 0 Å². The molecule has 0 aliphatic carbocycles. The number of hydrogen-bond donors (Lipinski definition) is 2. The maximum Gasteiger partial charge on any atom is 0.265 e. The number of nitrogens with one attached hydrogen (secondary N) is 1. The SMILES string of the molecule is N#Cc1ccccc1NS(=O)(=O)c1c(N)cc(Br)cc1Br. The van der Waals surface area contributed by atoms with Crippen molar-refractivity contribution in [3.63, 3.8) is 0 Å². The van der Waals surface area contributed by atoms with E-state index >= 15 is 0 Å². The van der Waals surface area contributed by atoms with Crippen LogP contribution in [0.25, 0.3) is 0 Å². The third-order valence-electron chi connectivity index (χ3n) is 2.60. The molecule has 0 saturated carbocycles. The highest BCUT2D eigenvalue weighted by atomic mass is 79.9. The third kappa shape index (κ3) is 3.37. The van der Waals surface area contributed by atoms with Crippen LogP contribution in [-0.2, 0) is 10.0 Å². The lowest BCUT2D eigenvalue weighted by molar-refractivity contribution is 0.601. The molecule has 0 heterocycles. The molecule has 2 aromatic carbocycles. The van der Waals surface area contributed by atoms with Crippen molar-refractivity contribution in [1.82, 2.24) is 0 Å². The number of nitrogen functional groups attached to an aromatic ring is 1. The Balaban J connectivity index is 2.52. The number of rotatable bonds is 3. The molecule has 0 bridgehead atoms. The van der Waals surface area contributed by atoms with Gasteiger partial charge in [-0.3, -0.25) is 4.72 Å². The fourth-order valence-electron chi connectivity index (χ4n) is 1.73. The number of halogens is 2. The maximum absolute atomic E-state index is 12.5. The number of para-hydroxylation sites is 1. The van der Waals surface area contributed by atoms with E-state index in [4.69, 9.17) is 11.0 Å². The van der Waals surface area contributed by atoms with Crippen LogP contribution in [0.1, 0.15) is 5.56 Å². The molecular weight excluding hydrogens is 422 g/mol.